The van der Waals surface area contributed by atoms with Crippen LogP contribution in [-0.4, -0.2) is 58.2 Å². The lowest BCUT2D eigenvalue weighted by molar-refractivity contribution is 0.0949. The summed E-state index contributed by atoms with van der Waals surface area (Å²) >= 11 is 0. The Bertz CT molecular complexity index is 883. The third-order valence-electron chi connectivity index (χ3n) is 5.04. The van der Waals surface area contributed by atoms with Crippen LogP contribution in [0.25, 0.3) is 11.1 Å². The van der Waals surface area contributed by atoms with E-state index in [9.17, 15) is 14.0 Å². The van der Waals surface area contributed by atoms with Gasteiger partial charge in [0.25, 0.3) is 5.91 Å². The number of likely N-dealkylation sites (tertiary alicyclic amines) is 1. The van der Waals surface area contributed by atoms with Gasteiger partial charge in [-0.1, -0.05) is 13.0 Å². The van der Waals surface area contributed by atoms with E-state index in [1.165, 1.54) is 17.0 Å². The molecule has 30 heavy (non-hydrogen) atoms. The van der Waals surface area contributed by atoms with Crippen LogP contribution in [0, 0.1) is 11.7 Å². The summed E-state index contributed by atoms with van der Waals surface area (Å²) in [6.07, 6.45) is 4.45. The van der Waals surface area contributed by atoms with Gasteiger partial charge in [0.1, 0.15) is 5.82 Å². The smallest absolute Gasteiger partial charge is 0.407 e. The van der Waals surface area contributed by atoms with Crippen molar-refractivity contribution in [2.75, 3.05) is 26.2 Å². The van der Waals surface area contributed by atoms with Crippen molar-refractivity contribution in [1.29, 1.82) is 0 Å². The summed E-state index contributed by atoms with van der Waals surface area (Å²) < 4.78 is 20.0. The number of carboxylic acid groups (broad SMARTS) is 1. The number of hydrogen-bond donors (Lipinski definition) is 2. The Kier molecular flexibility index (Phi) is 7.16. The fourth-order valence-corrected chi connectivity index (χ4v) is 3.24. The predicted molar refractivity (Wildman–Crippen MR) is 108 cm³/mol. The summed E-state index contributed by atoms with van der Waals surface area (Å²) in [6, 6.07) is 4.61. The molecule has 2 heterocycles. The van der Waals surface area contributed by atoms with Crippen molar-refractivity contribution >= 4 is 12.0 Å². The Hall–Kier alpha value is -3.23. The van der Waals surface area contributed by atoms with E-state index < -0.39 is 17.8 Å². The minimum atomic E-state index is -0.889. The molecule has 0 atom stereocenters. The number of nitrogens with zero attached hydrogens (tertiary/aromatic N) is 3. The average molecular weight is 416 g/mol. The van der Waals surface area contributed by atoms with Crippen LogP contribution in [0.15, 0.2) is 30.6 Å². The first-order valence-electron chi connectivity index (χ1n) is 9.98. The van der Waals surface area contributed by atoms with E-state index in [0.29, 0.717) is 37.4 Å². The van der Waals surface area contributed by atoms with E-state index >= 15 is 0 Å². The Morgan fingerprint density at radius 3 is 2.53 bits per heavy atom. The van der Waals surface area contributed by atoms with Gasteiger partial charge in [-0.15, -0.1) is 0 Å². The molecule has 1 aliphatic heterocycles. The number of ether oxygens (including phenoxy) is 1. The number of benzene rings is 1. The summed E-state index contributed by atoms with van der Waals surface area (Å²) in [6.45, 7) is 3.84. The zero-order valence-electron chi connectivity index (χ0n) is 16.8. The monoisotopic (exact) mass is 416 g/mol. The first-order valence-corrected chi connectivity index (χ1v) is 9.98. The van der Waals surface area contributed by atoms with E-state index in [2.05, 4.69) is 15.3 Å². The SMILES string of the molecule is CCCNC(=O)c1ccc(-c2cnc(OCC3CCN(C(=O)O)CC3)nc2)cc1F. The molecule has 9 heteroatoms. The van der Waals surface area contributed by atoms with Gasteiger partial charge in [0.05, 0.1) is 12.2 Å². The van der Waals surface area contributed by atoms with Crippen molar-refractivity contribution in [2.24, 2.45) is 5.92 Å². The van der Waals surface area contributed by atoms with Crippen LogP contribution in [0.4, 0.5) is 9.18 Å². The molecular weight excluding hydrogens is 391 g/mol. The first-order chi connectivity index (χ1) is 14.5. The molecule has 2 aromatic rings. The molecule has 0 unspecified atom stereocenters. The van der Waals surface area contributed by atoms with Gasteiger partial charge in [-0.25, -0.2) is 19.2 Å². The molecule has 1 fully saturated rings. The number of hydrogen-bond acceptors (Lipinski definition) is 5. The fourth-order valence-electron chi connectivity index (χ4n) is 3.24. The van der Waals surface area contributed by atoms with Gasteiger partial charge in [-0.2, -0.15) is 0 Å². The van der Waals surface area contributed by atoms with Gasteiger partial charge in [0, 0.05) is 37.6 Å². The minimum absolute atomic E-state index is 0.00187. The Morgan fingerprint density at radius 2 is 1.93 bits per heavy atom. The second-order valence-electron chi connectivity index (χ2n) is 7.23. The Labute approximate surface area is 174 Å². The van der Waals surface area contributed by atoms with Crippen molar-refractivity contribution in [3.8, 4) is 17.1 Å². The predicted octanol–water partition coefficient (Wildman–Crippen LogP) is 3.19. The van der Waals surface area contributed by atoms with E-state index in [1.54, 1.807) is 18.5 Å². The van der Waals surface area contributed by atoms with E-state index in [-0.39, 0.29) is 17.5 Å². The highest BCUT2D eigenvalue weighted by atomic mass is 19.1. The lowest BCUT2D eigenvalue weighted by Crippen LogP contribution is -2.38. The molecule has 2 amide bonds. The maximum absolute atomic E-state index is 14.3. The molecule has 1 aromatic heterocycles. The highest BCUT2D eigenvalue weighted by Crippen LogP contribution is 2.22. The molecule has 0 radical (unpaired) electrons. The highest BCUT2D eigenvalue weighted by molar-refractivity contribution is 5.95. The van der Waals surface area contributed by atoms with Crippen molar-refractivity contribution in [2.45, 2.75) is 26.2 Å². The summed E-state index contributed by atoms with van der Waals surface area (Å²) in [5.74, 6) is -0.784. The second kappa shape index (κ2) is 10.00. The largest absolute Gasteiger partial charge is 0.465 e. The number of aromatic nitrogens is 2. The third kappa shape index (κ3) is 5.43. The third-order valence-corrected chi connectivity index (χ3v) is 5.04. The number of amides is 2. The lowest BCUT2D eigenvalue weighted by atomic mass is 9.98. The van der Waals surface area contributed by atoms with Crippen LogP contribution in [-0.2, 0) is 0 Å². The van der Waals surface area contributed by atoms with Gasteiger partial charge in [0.15, 0.2) is 0 Å². The molecule has 0 bridgehead atoms. The lowest BCUT2D eigenvalue weighted by Gasteiger charge is -2.29. The normalized spacial score (nSPS) is 14.4. The van der Waals surface area contributed by atoms with E-state index in [4.69, 9.17) is 9.84 Å². The van der Waals surface area contributed by atoms with Crippen molar-refractivity contribution in [3.63, 3.8) is 0 Å². The molecule has 8 nitrogen and oxygen atoms in total. The van der Waals surface area contributed by atoms with Crippen LogP contribution < -0.4 is 10.1 Å². The van der Waals surface area contributed by atoms with E-state index in [1.807, 2.05) is 6.92 Å². The highest BCUT2D eigenvalue weighted by Gasteiger charge is 2.23. The Balaban J connectivity index is 1.56. The summed E-state index contributed by atoms with van der Waals surface area (Å²) in [7, 11) is 0. The maximum atomic E-state index is 14.3. The summed E-state index contributed by atoms with van der Waals surface area (Å²) in [4.78, 5) is 32.6. The standard InChI is InChI=1S/C21H25FN4O4/c1-2-7-23-19(27)17-4-3-15(10-18(17)22)16-11-24-20(25-12-16)30-13-14-5-8-26(9-6-14)21(28)29/h3-4,10-12,14H,2,5-9,13H2,1H3,(H,23,27)(H,28,29). The van der Waals surface area contributed by atoms with Crippen molar-refractivity contribution < 1.29 is 23.8 Å². The van der Waals surface area contributed by atoms with Gasteiger partial charge in [0.2, 0.25) is 0 Å². The van der Waals surface area contributed by atoms with Gasteiger partial charge in [-0.3, -0.25) is 4.79 Å². The maximum Gasteiger partial charge on any atom is 0.407 e. The number of nitrogens with one attached hydrogen (secondary N) is 1. The summed E-state index contributed by atoms with van der Waals surface area (Å²) in [5, 5.41) is 11.6. The molecule has 0 saturated carbocycles. The second-order valence-corrected chi connectivity index (χ2v) is 7.23. The molecule has 1 aliphatic rings. The van der Waals surface area contributed by atoms with E-state index in [0.717, 1.165) is 19.3 Å². The summed E-state index contributed by atoms with van der Waals surface area (Å²) in [5.41, 5.74) is 1.17. The van der Waals surface area contributed by atoms with Crippen molar-refractivity contribution in [3.05, 3.63) is 42.0 Å². The number of carbonyl (C=O) groups excluding carboxylic acids is 1. The van der Waals surface area contributed by atoms with Gasteiger partial charge >= 0.3 is 12.1 Å². The van der Waals surface area contributed by atoms with Gasteiger partial charge < -0.3 is 20.1 Å². The molecule has 0 aliphatic carbocycles. The molecule has 160 valence electrons. The molecule has 1 aromatic carbocycles. The van der Waals surface area contributed by atoms with Crippen LogP contribution in [0.3, 0.4) is 0 Å². The topological polar surface area (TPSA) is 105 Å². The molecule has 2 N–H and O–H groups in total. The zero-order valence-corrected chi connectivity index (χ0v) is 16.8. The van der Waals surface area contributed by atoms with Gasteiger partial charge in [-0.05, 0) is 42.9 Å². The molecule has 1 saturated heterocycles. The number of halogens is 1. The molecule has 3 rings (SSSR count). The fraction of sp³-hybridized carbons (Fsp3) is 0.429. The zero-order chi connectivity index (χ0) is 21.5. The Morgan fingerprint density at radius 1 is 1.23 bits per heavy atom. The minimum Gasteiger partial charge on any atom is -0.465 e. The average Bonchev–Trinajstić information content (AvgIpc) is 2.76. The molecule has 0 spiro atoms. The van der Waals surface area contributed by atoms with Crippen LogP contribution in [0.2, 0.25) is 0 Å². The van der Waals surface area contributed by atoms with Crippen molar-refractivity contribution in [1.82, 2.24) is 20.2 Å². The van der Waals surface area contributed by atoms with Crippen LogP contribution in [0.5, 0.6) is 6.01 Å². The molecular formula is C21H25FN4O4. The first kappa shape index (κ1) is 21.5. The number of piperidine rings is 1. The van der Waals surface area contributed by atoms with Crippen LogP contribution in [0.1, 0.15) is 36.5 Å². The quantitative estimate of drug-likeness (QED) is 0.718. The van der Waals surface area contributed by atoms with Crippen LogP contribution >= 0.6 is 0 Å². The number of rotatable bonds is 7. The number of carbonyl (C=O) groups is 2.